The normalized spacial score (nSPS) is 34.9. The van der Waals surface area contributed by atoms with Crippen LogP contribution >= 0.6 is 0 Å². The number of nitrogens with one attached hydrogen (secondary N) is 1. The minimum absolute atomic E-state index is 0.127. The fourth-order valence-electron chi connectivity index (χ4n) is 3.03. The molecule has 5 nitrogen and oxygen atoms in total. The van der Waals surface area contributed by atoms with E-state index in [1.807, 2.05) is 6.92 Å². The van der Waals surface area contributed by atoms with Gasteiger partial charge in [-0.05, 0) is 44.9 Å². The Kier molecular flexibility index (Phi) is 4.64. The molecule has 106 valence electrons. The second kappa shape index (κ2) is 5.86. The summed E-state index contributed by atoms with van der Waals surface area (Å²) in [4.78, 5) is 0. The van der Waals surface area contributed by atoms with Gasteiger partial charge in [-0.1, -0.05) is 6.42 Å². The Hall–Kier alpha value is -0.170. The number of nitrogens with zero attached hydrogens (tertiary/aromatic N) is 1. The lowest BCUT2D eigenvalue weighted by molar-refractivity contribution is 0.264. The van der Waals surface area contributed by atoms with Gasteiger partial charge in [-0.2, -0.15) is 12.7 Å². The van der Waals surface area contributed by atoms with Gasteiger partial charge in [0.05, 0.1) is 0 Å². The molecular weight excluding hydrogens is 250 g/mol. The van der Waals surface area contributed by atoms with Crippen molar-refractivity contribution in [2.24, 2.45) is 11.7 Å². The van der Waals surface area contributed by atoms with E-state index in [1.54, 1.807) is 4.31 Å². The third-order valence-corrected chi connectivity index (χ3v) is 5.88. The van der Waals surface area contributed by atoms with Crippen LogP contribution in [0.3, 0.4) is 0 Å². The molecule has 0 aromatic carbocycles. The first-order valence-electron chi connectivity index (χ1n) is 7.01. The summed E-state index contributed by atoms with van der Waals surface area (Å²) in [5, 5.41) is 0. The molecule has 1 heterocycles. The molecule has 2 fully saturated rings. The monoisotopic (exact) mass is 275 g/mol. The maximum atomic E-state index is 12.2. The lowest BCUT2D eigenvalue weighted by Crippen LogP contribution is -2.48. The zero-order valence-corrected chi connectivity index (χ0v) is 12.0. The maximum absolute atomic E-state index is 12.2. The van der Waals surface area contributed by atoms with Gasteiger partial charge in [0.15, 0.2) is 0 Å². The molecule has 2 aliphatic rings. The highest BCUT2D eigenvalue weighted by Gasteiger charge is 2.30. The SMILES string of the molecule is CC1CCCCN1S(=O)(=O)NCC1CCC(N)C1. The van der Waals surface area contributed by atoms with Gasteiger partial charge in [-0.3, -0.25) is 0 Å². The van der Waals surface area contributed by atoms with Crippen molar-refractivity contribution in [3.63, 3.8) is 0 Å². The molecule has 3 atom stereocenters. The molecule has 0 spiro atoms. The second-order valence-electron chi connectivity index (χ2n) is 5.75. The second-order valence-corrected chi connectivity index (χ2v) is 7.46. The van der Waals surface area contributed by atoms with Crippen LogP contribution in [0.1, 0.15) is 45.4 Å². The Bertz CT molecular complexity index is 372. The van der Waals surface area contributed by atoms with Gasteiger partial charge in [-0.15, -0.1) is 0 Å². The van der Waals surface area contributed by atoms with E-state index in [9.17, 15) is 8.42 Å². The molecule has 0 bridgehead atoms. The third kappa shape index (κ3) is 3.44. The highest BCUT2D eigenvalue weighted by molar-refractivity contribution is 7.87. The van der Waals surface area contributed by atoms with Crippen molar-refractivity contribution < 1.29 is 8.42 Å². The van der Waals surface area contributed by atoms with Crippen molar-refractivity contribution in [2.75, 3.05) is 13.1 Å². The van der Waals surface area contributed by atoms with Crippen LogP contribution in [0.15, 0.2) is 0 Å². The van der Waals surface area contributed by atoms with Crippen molar-refractivity contribution in [3.8, 4) is 0 Å². The first-order valence-corrected chi connectivity index (χ1v) is 8.45. The van der Waals surface area contributed by atoms with E-state index in [2.05, 4.69) is 4.72 Å². The van der Waals surface area contributed by atoms with E-state index in [1.165, 1.54) is 0 Å². The summed E-state index contributed by atoms with van der Waals surface area (Å²) in [6, 6.07) is 0.385. The van der Waals surface area contributed by atoms with Crippen LogP contribution in [0.25, 0.3) is 0 Å². The number of hydrogen-bond acceptors (Lipinski definition) is 3. The van der Waals surface area contributed by atoms with Gasteiger partial charge in [0, 0.05) is 25.2 Å². The summed E-state index contributed by atoms with van der Waals surface area (Å²) >= 11 is 0. The highest BCUT2D eigenvalue weighted by atomic mass is 32.2. The minimum atomic E-state index is -3.29. The quantitative estimate of drug-likeness (QED) is 0.797. The first-order chi connectivity index (χ1) is 8.49. The molecule has 0 amide bonds. The predicted octanol–water partition coefficient (Wildman–Crippen LogP) is 0.823. The maximum Gasteiger partial charge on any atom is 0.279 e. The van der Waals surface area contributed by atoms with Crippen molar-refractivity contribution in [3.05, 3.63) is 0 Å². The van der Waals surface area contributed by atoms with Crippen LogP contribution in [0, 0.1) is 5.92 Å². The Morgan fingerprint density at radius 2 is 2.06 bits per heavy atom. The molecule has 0 aromatic heterocycles. The van der Waals surface area contributed by atoms with E-state index >= 15 is 0 Å². The molecule has 0 aromatic rings. The van der Waals surface area contributed by atoms with Crippen molar-refractivity contribution in [1.29, 1.82) is 0 Å². The van der Waals surface area contributed by atoms with Crippen molar-refractivity contribution in [2.45, 2.75) is 57.5 Å². The van der Waals surface area contributed by atoms with Gasteiger partial charge in [0.25, 0.3) is 10.2 Å². The van der Waals surface area contributed by atoms with Crippen molar-refractivity contribution in [1.82, 2.24) is 9.03 Å². The summed E-state index contributed by atoms with van der Waals surface area (Å²) in [5.74, 6) is 0.412. The molecule has 3 unspecified atom stereocenters. The molecule has 6 heteroatoms. The van der Waals surface area contributed by atoms with E-state index in [0.717, 1.165) is 38.5 Å². The summed E-state index contributed by atoms with van der Waals surface area (Å²) in [5.41, 5.74) is 5.84. The van der Waals surface area contributed by atoms with Crippen LogP contribution in [-0.4, -0.2) is 37.9 Å². The van der Waals surface area contributed by atoms with E-state index in [-0.39, 0.29) is 12.1 Å². The average molecular weight is 275 g/mol. The molecule has 1 aliphatic carbocycles. The number of rotatable bonds is 4. The number of nitrogens with two attached hydrogens (primary N) is 1. The largest absolute Gasteiger partial charge is 0.328 e. The topological polar surface area (TPSA) is 75.4 Å². The van der Waals surface area contributed by atoms with E-state index in [0.29, 0.717) is 19.0 Å². The fraction of sp³-hybridized carbons (Fsp3) is 1.00. The lowest BCUT2D eigenvalue weighted by atomic mass is 10.1. The standard InChI is InChI=1S/C12H25N3O2S/c1-10-4-2-3-7-15(10)18(16,17)14-9-11-5-6-12(13)8-11/h10-12,14H,2-9,13H2,1H3. The summed E-state index contributed by atoms with van der Waals surface area (Å²) in [7, 11) is -3.29. The molecule has 3 N–H and O–H groups in total. The number of hydrogen-bond donors (Lipinski definition) is 2. The smallest absolute Gasteiger partial charge is 0.279 e. The lowest BCUT2D eigenvalue weighted by Gasteiger charge is -2.32. The summed E-state index contributed by atoms with van der Waals surface area (Å²) < 4.78 is 28.8. The zero-order valence-electron chi connectivity index (χ0n) is 11.1. The number of piperidine rings is 1. The minimum Gasteiger partial charge on any atom is -0.328 e. The predicted molar refractivity (Wildman–Crippen MR) is 72.3 cm³/mol. The Morgan fingerprint density at radius 3 is 2.67 bits per heavy atom. The van der Waals surface area contributed by atoms with Crippen molar-refractivity contribution >= 4 is 10.2 Å². The van der Waals surface area contributed by atoms with Gasteiger partial charge in [0.2, 0.25) is 0 Å². The van der Waals surface area contributed by atoms with Gasteiger partial charge < -0.3 is 5.73 Å². The Balaban J connectivity index is 1.86. The van der Waals surface area contributed by atoms with Crippen LogP contribution in [0.4, 0.5) is 0 Å². The molecule has 0 radical (unpaired) electrons. The summed E-state index contributed by atoms with van der Waals surface area (Å²) in [6.07, 6.45) is 6.07. The Morgan fingerprint density at radius 1 is 1.28 bits per heavy atom. The zero-order chi connectivity index (χ0) is 13.2. The molecule has 18 heavy (non-hydrogen) atoms. The van der Waals surface area contributed by atoms with Crippen LogP contribution in [-0.2, 0) is 10.2 Å². The molecular formula is C12H25N3O2S. The van der Waals surface area contributed by atoms with Crippen LogP contribution in [0.2, 0.25) is 0 Å². The van der Waals surface area contributed by atoms with Gasteiger partial charge in [-0.25, -0.2) is 4.72 Å². The van der Waals surface area contributed by atoms with Crippen LogP contribution in [0.5, 0.6) is 0 Å². The molecule has 1 aliphatic heterocycles. The van der Waals surface area contributed by atoms with Crippen LogP contribution < -0.4 is 10.5 Å². The Labute approximate surface area is 110 Å². The fourth-order valence-corrected chi connectivity index (χ4v) is 4.59. The van der Waals surface area contributed by atoms with E-state index in [4.69, 9.17) is 5.73 Å². The molecule has 1 saturated heterocycles. The van der Waals surface area contributed by atoms with Gasteiger partial charge in [0.1, 0.15) is 0 Å². The first kappa shape index (κ1) is 14.2. The van der Waals surface area contributed by atoms with Gasteiger partial charge >= 0.3 is 0 Å². The highest BCUT2D eigenvalue weighted by Crippen LogP contribution is 2.24. The van der Waals surface area contributed by atoms with E-state index < -0.39 is 10.2 Å². The average Bonchev–Trinajstić information content (AvgIpc) is 2.73. The summed E-state index contributed by atoms with van der Waals surface area (Å²) in [6.45, 7) is 3.18. The third-order valence-electron chi connectivity index (χ3n) is 4.19. The molecule has 1 saturated carbocycles. The molecule has 2 rings (SSSR count).